The van der Waals surface area contributed by atoms with Crippen molar-refractivity contribution in [3.05, 3.63) is 206 Å². The molecule has 2 heteroatoms. The molecule has 60 heavy (non-hydrogen) atoms. The van der Waals surface area contributed by atoms with Crippen molar-refractivity contribution in [2.45, 2.75) is 0 Å². The first kappa shape index (κ1) is 33.1. The van der Waals surface area contributed by atoms with Crippen molar-refractivity contribution >= 4 is 87.0 Å². The van der Waals surface area contributed by atoms with E-state index in [-0.39, 0.29) is 0 Å². The Morgan fingerprint density at radius 3 is 1.32 bits per heavy atom. The van der Waals surface area contributed by atoms with Crippen molar-refractivity contribution in [1.29, 1.82) is 0 Å². The summed E-state index contributed by atoms with van der Waals surface area (Å²) >= 11 is 0. The molecule has 0 atom stereocenters. The lowest BCUT2D eigenvalue weighted by Crippen LogP contribution is -1.93. The number of benzene rings is 11. The maximum atomic E-state index is 6.38. The van der Waals surface area contributed by atoms with Crippen LogP contribution in [0.5, 0.6) is 0 Å². The summed E-state index contributed by atoms with van der Waals surface area (Å²) in [6, 6.07) is 75.0. The first-order chi connectivity index (χ1) is 29.7. The highest BCUT2D eigenvalue weighted by atomic mass is 16.3. The molecule has 2 heterocycles. The number of hydrogen-bond acceptors (Lipinski definition) is 2. The fourth-order valence-electron chi connectivity index (χ4n) is 9.88. The van der Waals surface area contributed by atoms with Gasteiger partial charge in [-0.15, -0.1) is 0 Å². The molecule has 2 nitrogen and oxygen atoms in total. The van der Waals surface area contributed by atoms with Gasteiger partial charge in [-0.1, -0.05) is 152 Å². The third kappa shape index (κ3) is 4.95. The molecule has 0 saturated heterocycles. The number of para-hydroxylation sites is 2. The maximum absolute atomic E-state index is 6.38. The van der Waals surface area contributed by atoms with Crippen LogP contribution >= 0.6 is 0 Å². The first-order valence-corrected chi connectivity index (χ1v) is 20.6. The van der Waals surface area contributed by atoms with Gasteiger partial charge in [0.15, 0.2) is 0 Å². The highest BCUT2D eigenvalue weighted by Crippen LogP contribution is 2.48. The summed E-state index contributed by atoms with van der Waals surface area (Å²) in [4.78, 5) is 0. The minimum Gasteiger partial charge on any atom is -0.456 e. The van der Waals surface area contributed by atoms with Crippen molar-refractivity contribution in [1.82, 2.24) is 0 Å². The van der Waals surface area contributed by atoms with Crippen molar-refractivity contribution in [3.8, 4) is 44.5 Å². The average Bonchev–Trinajstić information content (AvgIpc) is 3.88. The van der Waals surface area contributed by atoms with E-state index in [1.807, 2.05) is 12.1 Å². The molecule has 0 aliphatic carbocycles. The van der Waals surface area contributed by atoms with Gasteiger partial charge in [0, 0.05) is 21.5 Å². The van der Waals surface area contributed by atoms with Gasteiger partial charge in [-0.05, 0) is 142 Å². The Kier molecular flexibility index (Phi) is 7.05. The van der Waals surface area contributed by atoms with Crippen molar-refractivity contribution in [2.24, 2.45) is 0 Å². The maximum Gasteiger partial charge on any atom is 0.135 e. The minimum absolute atomic E-state index is 0.888. The minimum atomic E-state index is 0.888. The van der Waals surface area contributed by atoms with E-state index in [2.05, 4.69) is 194 Å². The fourth-order valence-corrected chi connectivity index (χ4v) is 9.88. The molecule has 0 amide bonds. The largest absolute Gasteiger partial charge is 0.456 e. The molecule has 11 aromatic carbocycles. The summed E-state index contributed by atoms with van der Waals surface area (Å²) in [5, 5.41) is 14.3. The Hall–Kier alpha value is -7.94. The van der Waals surface area contributed by atoms with Gasteiger partial charge in [0.25, 0.3) is 0 Å². The molecular formula is C58H34O2. The zero-order valence-electron chi connectivity index (χ0n) is 32.4. The van der Waals surface area contributed by atoms with Crippen LogP contribution in [0.2, 0.25) is 0 Å². The number of hydrogen-bond donors (Lipinski definition) is 0. The molecule has 0 N–H and O–H groups in total. The fraction of sp³-hybridized carbons (Fsp3) is 0. The van der Waals surface area contributed by atoms with E-state index in [4.69, 9.17) is 8.83 Å². The summed E-state index contributed by atoms with van der Waals surface area (Å²) in [5.41, 5.74) is 13.1. The highest BCUT2D eigenvalue weighted by Gasteiger charge is 2.21. The molecule has 0 spiro atoms. The zero-order valence-corrected chi connectivity index (χ0v) is 32.4. The molecule has 0 aliphatic rings. The Morgan fingerprint density at radius 1 is 0.217 bits per heavy atom. The van der Waals surface area contributed by atoms with E-state index in [1.165, 1.54) is 76.5 Å². The summed E-state index contributed by atoms with van der Waals surface area (Å²) < 4.78 is 12.7. The van der Waals surface area contributed by atoms with Crippen LogP contribution < -0.4 is 0 Å². The third-order valence-corrected chi connectivity index (χ3v) is 12.6. The molecule has 0 aliphatic heterocycles. The van der Waals surface area contributed by atoms with Crippen LogP contribution in [0.25, 0.3) is 131 Å². The van der Waals surface area contributed by atoms with Crippen LogP contribution in [-0.2, 0) is 0 Å². The van der Waals surface area contributed by atoms with Gasteiger partial charge in [0.1, 0.15) is 22.3 Å². The number of fused-ring (bicyclic) bond motifs is 11. The Labute approximate surface area is 345 Å². The second-order valence-electron chi connectivity index (χ2n) is 15.9. The predicted molar refractivity (Wildman–Crippen MR) is 253 cm³/mol. The second-order valence-corrected chi connectivity index (χ2v) is 15.9. The summed E-state index contributed by atoms with van der Waals surface area (Å²) in [6.07, 6.45) is 0. The van der Waals surface area contributed by atoms with Crippen LogP contribution in [0.15, 0.2) is 215 Å². The molecule has 0 unspecified atom stereocenters. The highest BCUT2D eigenvalue weighted by molar-refractivity contribution is 6.24. The van der Waals surface area contributed by atoms with Crippen LogP contribution in [0, 0.1) is 0 Å². The molecular weight excluding hydrogens is 729 g/mol. The van der Waals surface area contributed by atoms with Crippen LogP contribution in [0.4, 0.5) is 0 Å². The van der Waals surface area contributed by atoms with E-state index >= 15 is 0 Å². The van der Waals surface area contributed by atoms with Crippen LogP contribution in [0.1, 0.15) is 0 Å². The van der Waals surface area contributed by atoms with Gasteiger partial charge in [-0.2, -0.15) is 0 Å². The molecule has 0 bridgehead atoms. The molecule has 13 rings (SSSR count). The van der Waals surface area contributed by atoms with E-state index in [0.29, 0.717) is 0 Å². The molecule has 0 saturated carbocycles. The summed E-state index contributed by atoms with van der Waals surface area (Å²) in [5.74, 6) is 0. The Balaban J connectivity index is 1.19. The molecule has 278 valence electrons. The Morgan fingerprint density at radius 2 is 0.667 bits per heavy atom. The summed E-state index contributed by atoms with van der Waals surface area (Å²) in [7, 11) is 0. The van der Waals surface area contributed by atoms with Crippen molar-refractivity contribution < 1.29 is 8.83 Å². The lowest BCUT2D eigenvalue weighted by Gasteiger charge is -2.20. The van der Waals surface area contributed by atoms with E-state index in [0.717, 1.165) is 55.0 Å². The molecule has 0 fully saturated rings. The SMILES string of the molecule is c1ccc(-c2ccc3c(-c4ccc5oc6ccccc6c5c4)c4ccc(-c5cc6ccccc6c6ccccc56)cc4c(-c4ccc5oc6ccccc6c5c4)c3c2)cc1. The van der Waals surface area contributed by atoms with Gasteiger partial charge in [0.05, 0.1) is 0 Å². The molecule has 13 aromatic rings. The lowest BCUT2D eigenvalue weighted by atomic mass is 9.83. The smallest absolute Gasteiger partial charge is 0.135 e. The average molecular weight is 763 g/mol. The number of rotatable bonds is 4. The van der Waals surface area contributed by atoms with Crippen molar-refractivity contribution in [3.63, 3.8) is 0 Å². The van der Waals surface area contributed by atoms with Gasteiger partial charge >= 0.3 is 0 Å². The molecule has 2 aromatic heterocycles. The Bertz CT molecular complexity index is 3880. The van der Waals surface area contributed by atoms with E-state index < -0.39 is 0 Å². The standard InChI is InChI=1S/C58H34O2/c1-2-12-35(13-3-1)36-22-26-46-51(30-36)58(40-25-29-56-50(34-40)45-19-9-11-21-54(45)60-56)52-32-38(48-31-37-14-4-5-15-41(37)42-16-6-7-17-43(42)48)23-27-47(52)57(46)39-24-28-55-49(33-39)44-18-8-10-20-53(44)59-55/h1-34H. The second kappa shape index (κ2) is 12.8. The first-order valence-electron chi connectivity index (χ1n) is 20.6. The van der Waals surface area contributed by atoms with Gasteiger partial charge in [-0.3, -0.25) is 0 Å². The van der Waals surface area contributed by atoms with E-state index in [9.17, 15) is 0 Å². The number of furan rings is 2. The van der Waals surface area contributed by atoms with Gasteiger partial charge < -0.3 is 8.83 Å². The molecule has 0 radical (unpaired) electrons. The van der Waals surface area contributed by atoms with Crippen LogP contribution in [-0.4, -0.2) is 0 Å². The van der Waals surface area contributed by atoms with Gasteiger partial charge in [0.2, 0.25) is 0 Å². The quantitative estimate of drug-likeness (QED) is 0.132. The zero-order chi connectivity index (χ0) is 39.3. The third-order valence-electron chi connectivity index (χ3n) is 12.6. The monoisotopic (exact) mass is 762 g/mol. The van der Waals surface area contributed by atoms with Gasteiger partial charge in [-0.25, -0.2) is 0 Å². The van der Waals surface area contributed by atoms with E-state index in [1.54, 1.807) is 0 Å². The van der Waals surface area contributed by atoms with Crippen LogP contribution in [0.3, 0.4) is 0 Å². The van der Waals surface area contributed by atoms with Crippen molar-refractivity contribution in [2.75, 3.05) is 0 Å². The normalized spacial score (nSPS) is 12.0. The summed E-state index contributed by atoms with van der Waals surface area (Å²) in [6.45, 7) is 0. The predicted octanol–water partition coefficient (Wildman–Crippen LogP) is 16.8. The lowest BCUT2D eigenvalue weighted by molar-refractivity contribution is 0.668. The topological polar surface area (TPSA) is 26.3 Å².